The maximum Gasteiger partial charge on any atom is 0.0963 e. The van der Waals surface area contributed by atoms with Crippen molar-refractivity contribution in [1.82, 2.24) is 0 Å². The van der Waals surface area contributed by atoms with Crippen LogP contribution in [0.5, 0.6) is 0 Å². The lowest BCUT2D eigenvalue weighted by molar-refractivity contribution is 1.04. The zero-order chi connectivity index (χ0) is 12.3. The van der Waals surface area contributed by atoms with E-state index in [1.807, 2.05) is 30.3 Å². The van der Waals surface area contributed by atoms with Crippen molar-refractivity contribution in [2.75, 3.05) is 0 Å². The van der Waals surface area contributed by atoms with Gasteiger partial charge in [-0.05, 0) is 35.4 Å². The molecule has 0 heterocycles. The topological polar surface area (TPSA) is 23.8 Å². The van der Waals surface area contributed by atoms with E-state index in [-0.39, 0.29) is 5.92 Å². The van der Waals surface area contributed by atoms with Crippen LogP contribution in [-0.4, -0.2) is 0 Å². The highest BCUT2D eigenvalue weighted by Gasteiger charge is 2.13. The molecular weight excluding hydrogens is 253 g/mol. The minimum Gasteiger partial charge on any atom is -0.197 e. The Morgan fingerprint density at radius 3 is 2.18 bits per heavy atom. The van der Waals surface area contributed by atoms with Crippen LogP contribution in [0, 0.1) is 11.3 Å². The van der Waals surface area contributed by atoms with Crippen LogP contribution in [0.25, 0.3) is 0 Å². The number of benzene rings is 2. The number of halogens is 2. The Kier molecular flexibility index (Phi) is 3.68. The van der Waals surface area contributed by atoms with E-state index in [0.29, 0.717) is 10.0 Å². The van der Waals surface area contributed by atoms with Crippen LogP contribution < -0.4 is 0 Å². The fraction of sp³-hybridized carbons (Fsp3) is 0.0714. The lowest BCUT2D eigenvalue weighted by Gasteiger charge is -2.10. The quantitative estimate of drug-likeness (QED) is 0.772. The third-order valence-corrected chi connectivity index (χ3v) is 3.00. The summed E-state index contributed by atoms with van der Waals surface area (Å²) in [7, 11) is 0. The van der Waals surface area contributed by atoms with E-state index in [2.05, 4.69) is 6.07 Å². The van der Waals surface area contributed by atoms with Gasteiger partial charge < -0.3 is 0 Å². The zero-order valence-electron chi connectivity index (χ0n) is 8.90. The zero-order valence-corrected chi connectivity index (χ0v) is 10.4. The molecule has 0 fully saturated rings. The van der Waals surface area contributed by atoms with Gasteiger partial charge in [-0.1, -0.05) is 47.5 Å². The van der Waals surface area contributed by atoms with Crippen molar-refractivity contribution in [3.63, 3.8) is 0 Å². The molecule has 0 aliphatic rings. The highest BCUT2D eigenvalue weighted by atomic mass is 35.5. The Morgan fingerprint density at radius 2 is 1.59 bits per heavy atom. The number of hydrogen-bond donors (Lipinski definition) is 0. The standard InChI is InChI=1S/C14H9Cl2N/c15-12-6-4-10(5-7-12)14(9-17)11-2-1-3-13(16)8-11/h1-8,14H. The van der Waals surface area contributed by atoms with Crippen LogP contribution in [0.2, 0.25) is 10.0 Å². The molecule has 0 aromatic heterocycles. The van der Waals surface area contributed by atoms with Crippen molar-refractivity contribution in [1.29, 1.82) is 5.26 Å². The smallest absolute Gasteiger partial charge is 0.0963 e. The predicted octanol–water partition coefficient (Wildman–Crippen LogP) is 4.65. The summed E-state index contributed by atoms with van der Waals surface area (Å²) in [5.41, 5.74) is 1.81. The summed E-state index contributed by atoms with van der Waals surface area (Å²) in [4.78, 5) is 0. The van der Waals surface area contributed by atoms with E-state index in [9.17, 15) is 5.26 Å². The van der Waals surface area contributed by atoms with Gasteiger partial charge in [-0.2, -0.15) is 5.26 Å². The van der Waals surface area contributed by atoms with Crippen molar-refractivity contribution in [3.8, 4) is 6.07 Å². The second kappa shape index (κ2) is 5.23. The summed E-state index contributed by atoms with van der Waals surface area (Å²) in [6.45, 7) is 0. The molecule has 0 spiro atoms. The predicted molar refractivity (Wildman–Crippen MR) is 70.4 cm³/mol. The van der Waals surface area contributed by atoms with Gasteiger partial charge in [0.05, 0.1) is 12.0 Å². The maximum atomic E-state index is 9.27. The first-order chi connectivity index (χ1) is 8.20. The van der Waals surface area contributed by atoms with Gasteiger partial charge in [-0.15, -0.1) is 0 Å². The molecule has 1 nitrogen and oxygen atoms in total. The SMILES string of the molecule is N#CC(c1ccc(Cl)cc1)c1cccc(Cl)c1. The van der Waals surface area contributed by atoms with Crippen LogP contribution in [0.3, 0.4) is 0 Å². The van der Waals surface area contributed by atoms with Gasteiger partial charge in [-0.3, -0.25) is 0 Å². The molecular formula is C14H9Cl2N. The van der Waals surface area contributed by atoms with E-state index >= 15 is 0 Å². The minimum atomic E-state index is -0.314. The van der Waals surface area contributed by atoms with Crippen LogP contribution >= 0.6 is 23.2 Å². The minimum absolute atomic E-state index is 0.314. The van der Waals surface area contributed by atoms with Gasteiger partial charge in [0, 0.05) is 10.0 Å². The van der Waals surface area contributed by atoms with E-state index in [4.69, 9.17) is 23.2 Å². The van der Waals surface area contributed by atoms with E-state index in [1.54, 1.807) is 18.2 Å². The first kappa shape index (κ1) is 12.0. The van der Waals surface area contributed by atoms with Crippen molar-refractivity contribution in [2.24, 2.45) is 0 Å². The molecule has 2 aromatic carbocycles. The van der Waals surface area contributed by atoms with Gasteiger partial charge in [0.2, 0.25) is 0 Å². The van der Waals surface area contributed by atoms with Gasteiger partial charge in [0.15, 0.2) is 0 Å². The molecule has 2 aromatic rings. The number of nitriles is 1. The summed E-state index contributed by atoms with van der Waals surface area (Å²) in [6, 6.07) is 16.9. The lowest BCUT2D eigenvalue weighted by atomic mass is 9.93. The Balaban J connectivity index is 2.41. The molecule has 2 rings (SSSR count). The molecule has 0 aliphatic carbocycles. The summed E-state index contributed by atoms with van der Waals surface area (Å²) in [5.74, 6) is -0.314. The second-order valence-electron chi connectivity index (χ2n) is 3.67. The molecule has 1 unspecified atom stereocenters. The molecule has 0 bridgehead atoms. The van der Waals surface area contributed by atoms with Crippen LogP contribution in [0.15, 0.2) is 48.5 Å². The highest BCUT2D eigenvalue weighted by molar-refractivity contribution is 6.30. The Hall–Kier alpha value is -1.49. The molecule has 0 amide bonds. The van der Waals surface area contributed by atoms with Crippen LogP contribution in [-0.2, 0) is 0 Å². The molecule has 0 aliphatic heterocycles. The van der Waals surface area contributed by atoms with Crippen LogP contribution in [0.1, 0.15) is 17.0 Å². The molecule has 0 saturated carbocycles. The fourth-order valence-electron chi connectivity index (χ4n) is 1.68. The van der Waals surface area contributed by atoms with Crippen molar-refractivity contribution < 1.29 is 0 Å². The summed E-state index contributed by atoms with van der Waals surface area (Å²) in [6.07, 6.45) is 0. The monoisotopic (exact) mass is 261 g/mol. The summed E-state index contributed by atoms with van der Waals surface area (Å²) >= 11 is 11.8. The van der Waals surface area contributed by atoms with Crippen LogP contribution in [0.4, 0.5) is 0 Å². The molecule has 0 saturated heterocycles. The first-order valence-corrected chi connectivity index (χ1v) is 5.87. The normalized spacial score (nSPS) is 11.8. The Labute approximate surface area is 110 Å². The first-order valence-electron chi connectivity index (χ1n) is 5.11. The van der Waals surface area contributed by atoms with Gasteiger partial charge in [0.25, 0.3) is 0 Å². The molecule has 17 heavy (non-hydrogen) atoms. The molecule has 0 N–H and O–H groups in total. The summed E-state index contributed by atoms with van der Waals surface area (Å²) in [5, 5.41) is 10.6. The number of rotatable bonds is 2. The fourth-order valence-corrected chi connectivity index (χ4v) is 2.01. The number of hydrogen-bond acceptors (Lipinski definition) is 1. The Morgan fingerprint density at radius 1 is 0.882 bits per heavy atom. The van der Waals surface area contributed by atoms with Crippen molar-refractivity contribution in [3.05, 3.63) is 69.7 Å². The maximum absolute atomic E-state index is 9.27. The third kappa shape index (κ3) is 2.79. The highest BCUT2D eigenvalue weighted by Crippen LogP contribution is 2.26. The molecule has 84 valence electrons. The third-order valence-electron chi connectivity index (χ3n) is 2.51. The average Bonchev–Trinajstić information content (AvgIpc) is 2.33. The lowest BCUT2D eigenvalue weighted by Crippen LogP contribution is -1.97. The molecule has 0 radical (unpaired) electrons. The largest absolute Gasteiger partial charge is 0.197 e. The van der Waals surface area contributed by atoms with E-state index < -0.39 is 0 Å². The summed E-state index contributed by atoms with van der Waals surface area (Å²) < 4.78 is 0. The van der Waals surface area contributed by atoms with Gasteiger partial charge >= 0.3 is 0 Å². The van der Waals surface area contributed by atoms with Crippen molar-refractivity contribution in [2.45, 2.75) is 5.92 Å². The van der Waals surface area contributed by atoms with Gasteiger partial charge in [-0.25, -0.2) is 0 Å². The second-order valence-corrected chi connectivity index (χ2v) is 4.54. The molecule has 3 heteroatoms. The number of nitrogens with zero attached hydrogens (tertiary/aromatic N) is 1. The van der Waals surface area contributed by atoms with E-state index in [1.165, 1.54) is 0 Å². The average molecular weight is 262 g/mol. The Bertz CT molecular complexity index is 555. The van der Waals surface area contributed by atoms with E-state index in [0.717, 1.165) is 11.1 Å². The molecule has 1 atom stereocenters. The van der Waals surface area contributed by atoms with Gasteiger partial charge in [0.1, 0.15) is 0 Å². The van der Waals surface area contributed by atoms with Crippen molar-refractivity contribution >= 4 is 23.2 Å².